The predicted octanol–water partition coefficient (Wildman–Crippen LogP) is 7.12. The topological polar surface area (TPSA) is 9.23 Å². The Labute approximate surface area is 144 Å². The lowest BCUT2D eigenvalue weighted by atomic mass is 10.2. The van der Waals surface area contributed by atoms with Gasteiger partial charge in [0.15, 0.2) is 0 Å². The Bertz CT molecular complexity index is 455. The molecule has 0 amide bonds. The third-order valence-electron chi connectivity index (χ3n) is 4.10. The average molecular weight is 389 g/mol. The van der Waals surface area contributed by atoms with Crippen LogP contribution in [0.4, 0.5) is 0 Å². The van der Waals surface area contributed by atoms with Gasteiger partial charge in [-0.15, -0.1) is 11.8 Å². The molecule has 1 aromatic carbocycles. The molecule has 1 nitrogen and oxygen atoms in total. The summed E-state index contributed by atoms with van der Waals surface area (Å²) in [5.41, 5.74) is 0. The first-order chi connectivity index (χ1) is 9.69. The normalized spacial score (nSPS) is 12.5. The number of hydrogen-bond acceptors (Lipinski definition) is 2. The fourth-order valence-electron chi connectivity index (χ4n) is 1.64. The van der Waals surface area contributed by atoms with Gasteiger partial charge in [-0.05, 0) is 58.4 Å². The zero-order chi connectivity index (χ0) is 16.1. The van der Waals surface area contributed by atoms with Crippen molar-refractivity contribution in [2.75, 3.05) is 5.75 Å². The van der Waals surface area contributed by atoms with Crippen molar-refractivity contribution in [3.8, 4) is 5.75 Å². The first-order valence-electron chi connectivity index (χ1n) is 7.79. The Morgan fingerprint density at radius 3 is 2.43 bits per heavy atom. The van der Waals surface area contributed by atoms with E-state index in [1.54, 1.807) is 0 Å². The SMILES string of the molecule is CCCCCSc1cccc(Br)c1O[Si](C)(C)C(C)(C)C. The van der Waals surface area contributed by atoms with E-state index >= 15 is 0 Å². The molecule has 4 heteroatoms. The number of hydrogen-bond donors (Lipinski definition) is 0. The summed E-state index contributed by atoms with van der Waals surface area (Å²) in [5.74, 6) is 2.21. The highest BCUT2D eigenvalue weighted by Crippen LogP contribution is 2.43. The van der Waals surface area contributed by atoms with Gasteiger partial charge in [0.05, 0.1) is 4.47 Å². The molecule has 0 saturated carbocycles. The molecule has 1 aromatic rings. The second-order valence-corrected chi connectivity index (χ2v) is 13.7. The lowest BCUT2D eigenvalue weighted by molar-refractivity contribution is 0.480. The molecular formula is C17H29BrOSSi. The van der Waals surface area contributed by atoms with Crippen molar-refractivity contribution < 1.29 is 4.43 Å². The lowest BCUT2D eigenvalue weighted by Gasteiger charge is -2.37. The number of para-hydroxylation sites is 1. The quantitative estimate of drug-likeness (QED) is 0.279. The Kier molecular flexibility index (Phi) is 7.35. The van der Waals surface area contributed by atoms with Crippen LogP contribution in [-0.4, -0.2) is 14.1 Å². The smallest absolute Gasteiger partial charge is 0.250 e. The van der Waals surface area contributed by atoms with E-state index in [1.807, 2.05) is 11.8 Å². The lowest BCUT2D eigenvalue weighted by Crippen LogP contribution is -2.44. The van der Waals surface area contributed by atoms with Crippen molar-refractivity contribution >= 4 is 36.0 Å². The Morgan fingerprint density at radius 1 is 1.19 bits per heavy atom. The van der Waals surface area contributed by atoms with Crippen LogP contribution in [0.2, 0.25) is 18.1 Å². The van der Waals surface area contributed by atoms with Gasteiger partial charge in [0, 0.05) is 4.90 Å². The van der Waals surface area contributed by atoms with Crippen LogP contribution in [0, 0.1) is 0 Å². The summed E-state index contributed by atoms with van der Waals surface area (Å²) in [6, 6.07) is 6.37. The second-order valence-electron chi connectivity index (χ2n) is 6.99. The van der Waals surface area contributed by atoms with Crippen LogP contribution in [0.5, 0.6) is 5.75 Å². The molecule has 0 unspecified atom stereocenters. The molecule has 1 rings (SSSR count). The maximum Gasteiger partial charge on any atom is 0.250 e. The van der Waals surface area contributed by atoms with E-state index in [0.29, 0.717) is 0 Å². The van der Waals surface area contributed by atoms with Gasteiger partial charge in [-0.1, -0.05) is 46.6 Å². The zero-order valence-electron chi connectivity index (χ0n) is 14.3. The molecule has 0 aliphatic carbocycles. The van der Waals surface area contributed by atoms with E-state index in [4.69, 9.17) is 4.43 Å². The molecule has 0 saturated heterocycles. The van der Waals surface area contributed by atoms with Crippen LogP contribution in [0.1, 0.15) is 47.0 Å². The van der Waals surface area contributed by atoms with Gasteiger partial charge < -0.3 is 4.43 Å². The summed E-state index contributed by atoms with van der Waals surface area (Å²) in [4.78, 5) is 1.27. The van der Waals surface area contributed by atoms with Gasteiger partial charge >= 0.3 is 0 Å². The van der Waals surface area contributed by atoms with Crippen LogP contribution in [0.3, 0.4) is 0 Å². The maximum absolute atomic E-state index is 6.56. The summed E-state index contributed by atoms with van der Waals surface area (Å²) in [6.07, 6.45) is 3.85. The van der Waals surface area contributed by atoms with E-state index < -0.39 is 8.32 Å². The molecule has 0 aliphatic rings. The largest absolute Gasteiger partial charge is 0.542 e. The monoisotopic (exact) mass is 388 g/mol. The first kappa shape index (κ1) is 19.1. The number of benzene rings is 1. The van der Waals surface area contributed by atoms with Gasteiger partial charge in [0.2, 0.25) is 0 Å². The minimum atomic E-state index is -1.81. The van der Waals surface area contributed by atoms with Crippen molar-refractivity contribution in [1.29, 1.82) is 0 Å². The fraction of sp³-hybridized carbons (Fsp3) is 0.647. The van der Waals surface area contributed by atoms with Gasteiger partial charge in [-0.25, -0.2) is 0 Å². The Balaban J connectivity index is 2.90. The van der Waals surface area contributed by atoms with Crippen molar-refractivity contribution in [3.05, 3.63) is 22.7 Å². The summed E-state index contributed by atoms with van der Waals surface area (Å²) in [7, 11) is -1.81. The second kappa shape index (κ2) is 8.07. The van der Waals surface area contributed by atoms with Crippen molar-refractivity contribution in [2.24, 2.45) is 0 Å². The average Bonchev–Trinajstić information content (AvgIpc) is 2.37. The van der Waals surface area contributed by atoms with Crippen molar-refractivity contribution in [3.63, 3.8) is 0 Å². The molecule has 0 heterocycles. The van der Waals surface area contributed by atoms with Crippen molar-refractivity contribution in [1.82, 2.24) is 0 Å². The van der Waals surface area contributed by atoms with Gasteiger partial charge in [-0.3, -0.25) is 0 Å². The Hall–Kier alpha value is 0.0669. The number of thioether (sulfide) groups is 1. The molecule has 0 aromatic heterocycles. The van der Waals surface area contributed by atoms with E-state index in [1.165, 1.54) is 24.2 Å². The highest BCUT2D eigenvalue weighted by atomic mass is 79.9. The summed E-state index contributed by atoms with van der Waals surface area (Å²) >= 11 is 5.59. The Morgan fingerprint density at radius 2 is 1.86 bits per heavy atom. The molecule has 0 N–H and O–H groups in total. The van der Waals surface area contributed by atoms with Gasteiger partial charge in [-0.2, -0.15) is 0 Å². The fourth-order valence-corrected chi connectivity index (χ4v) is 4.51. The summed E-state index contributed by atoms with van der Waals surface area (Å²) < 4.78 is 7.63. The van der Waals surface area contributed by atoms with Crippen LogP contribution in [0.25, 0.3) is 0 Å². The molecule has 0 spiro atoms. The highest BCUT2D eigenvalue weighted by Gasteiger charge is 2.39. The minimum Gasteiger partial charge on any atom is -0.542 e. The maximum atomic E-state index is 6.56. The van der Waals surface area contributed by atoms with E-state index in [2.05, 4.69) is 74.9 Å². The first-order valence-corrected chi connectivity index (χ1v) is 12.5. The molecule has 0 radical (unpaired) electrons. The molecule has 0 atom stereocenters. The van der Waals surface area contributed by atoms with Crippen molar-refractivity contribution in [2.45, 2.75) is 70.0 Å². The number of rotatable bonds is 7. The predicted molar refractivity (Wildman–Crippen MR) is 102 cm³/mol. The summed E-state index contributed by atoms with van der Waals surface area (Å²) in [5, 5.41) is 0.215. The van der Waals surface area contributed by atoms with E-state index in [0.717, 1.165) is 16.0 Å². The molecule has 21 heavy (non-hydrogen) atoms. The molecule has 120 valence electrons. The molecule has 0 aliphatic heterocycles. The van der Waals surface area contributed by atoms with Crippen LogP contribution in [-0.2, 0) is 0 Å². The minimum absolute atomic E-state index is 0.215. The number of halogens is 1. The summed E-state index contributed by atoms with van der Waals surface area (Å²) in [6.45, 7) is 13.7. The number of unbranched alkanes of at least 4 members (excludes halogenated alkanes) is 2. The molecular weight excluding hydrogens is 360 g/mol. The molecule has 0 bridgehead atoms. The zero-order valence-corrected chi connectivity index (χ0v) is 17.7. The van der Waals surface area contributed by atoms with Crippen LogP contribution >= 0.6 is 27.7 Å². The molecule has 0 fully saturated rings. The van der Waals surface area contributed by atoms with E-state index in [-0.39, 0.29) is 5.04 Å². The highest BCUT2D eigenvalue weighted by molar-refractivity contribution is 9.10. The van der Waals surface area contributed by atoms with Crippen LogP contribution < -0.4 is 4.43 Å². The third-order valence-corrected chi connectivity index (χ3v) is 10.2. The third kappa shape index (κ3) is 5.64. The van der Waals surface area contributed by atoms with E-state index in [9.17, 15) is 0 Å². The van der Waals surface area contributed by atoms with Crippen LogP contribution in [0.15, 0.2) is 27.6 Å². The standard InChI is InChI=1S/C17H29BrOSSi/c1-7-8-9-13-20-15-12-10-11-14(18)16(15)19-21(5,6)17(2,3)4/h10-12H,7-9,13H2,1-6H3. The van der Waals surface area contributed by atoms with Gasteiger partial charge in [0.25, 0.3) is 8.32 Å². The van der Waals surface area contributed by atoms with Gasteiger partial charge in [0.1, 0.15) is 5.75 Å².